The Hall–Kier alpha value is -2.44. The van der Waals surface area contributed by atoms with Crippen LogP contribution in [0.3, 0.4) is 0 Å². The third-order valence-corrected chi connectivity index (χ3v) is 5.37. The minimum atomic E-state index is 0.691. The molecule has 1 aliphatic heterocycles. The zero-order valence-electron chi connectivity index (χ0n) is 21.5. The van der Waals surface area contributed by atoms with Crippen molar-refractivity contribution in [3.05, 3.63) is 77.0 Å². The summed E-state index contributed by atoms with van der Waals surface area (Å²) in [5.41, 5.74) is 6.77. The van der Waals surface area contributed by atoms with Gasteiger partial charge in [0.25, 0.3) is 0 Å². The predicted molar refractivity (Wildman–Crippen MR) is 157 cm³/mol. The van der Waals surface area contributed by atoms with E-state index in [0.717, 1.165) is 24.1 Å². The predicted octanol–water partition coefficient (Wildman–Crippen LogP) is 6.40. The van der Waals surface area contributed by atoms with E-state index in [4.69, 9.17) is 17.3 Å². The number of hydrogen-bond donors (Lipinski definition) is 2. The summed E-state index contributed by atoms with van der Waals surface area (Å²) in [6.45, 7) is 18.8. The molecule has 33 heavy (non-hydrogen) atoms. The molecule has 1 heterocycles. The molecule has 180 valence electrons. The molecule has 5 heteroatoms. The lowest BCUT2D eigenvalue weighted by Gasteiger charge is -2.34. The number of aliphatic hydroxyl groups is 1. The minimum Gasteiger partial charge on any atom is -0.400 e. The molecule has 3 nitrogen and oxygen atoms in total. The van der Waals surface area contributed by atoms with Crippen LogP contribution in [0, 0.1) is 26.2 Å². The number of rotatable bonds is 2. The highest BCUT2D eigenvalue weighted by atomic mass is 32.1. The first kappa shape index (κ1) is 32.7. The van der Waals surface area contributed by atoms with Gasteiger partial charge in [-0.25, -0.2) is 0 Å². The maximum atomic E-state index is 7.00. The van der Waals surface area contributed by atoms with Gasteiger partial charge < -0.3 is 10.4 Å². The van der Waals surface area contributed by atoms with Crippen molar-refractivity contribution >= 4 is 43.6 Å². The fraction of sp³-hybridized carbons (Fsp3) is 0.321. The van der Waals surface area contributed by atoms with Gasteiger partial charge in [0.1, 0.15) is 0 Å². The lowest BCUT2D eigenvalue weighted by atomic mass is 10.0. The maximum Gasteiger partial charge on any atom is 0.178 e. The number of aliphatic hydroxyl groups excluding tert-OH is 1. The summed E-state index contributed by atoms with van der Waals surface area (Å²) in [7, 11) is 3.83. The SMILES string of the molecule is C#CC.C=C1/C(=C/c2cccc(C)c2P)CNC(=S)N1c1ccc(C)cc1.CC.CC.CO. The van der Waals surface area contributed by atoms with Gasteiger partial charge in [0.05, 0.1) is 0 Å². The van der Waals surface area contributed by atoms with E-state index in [1.54, 1.807) is 6.92 Å². The molecule has 0 aromatic heterocycles. The standard InChI is InChI=1S/C20H21N2PS.C3H4.2C2H6.CH4O/c1-13-7-9-18(10-8-13)22-15(3)17(12-21-20(22)24)11-16-6-4-5-14(2)19(16)23;1-3-2;3*1-2/h4-11H,3,12,23H2,1-2H3,(H,21,24);1H,2H3;2*1-2H3;2H,1H3/b17-11+;;;;. The van der Waals surface area contributed by atoms with Crippen LogP contribution in [0.15, 0.2) is 60.3 Å². The van der Waals surface area contributed by atoms with Crippen LogP contribution in [-0.2, 0) is 0 Å². The molecule has 1 unspecified atom stereocenters. The first-order valence-electron chi connectivity index (χ1n) is 11.1. The van der Waals surface area contributed by atoms with Crippen molar-refractivity contribution in [1.29, 1.82) is 0 Å². The molecular weight excluding hydrogens is 443 g/mol. The van der Waals surface area contributed by atoms with Crippen LogP contribution < -0.4 is 15.5 Å². The third kappa shape index (κ3) is 10.4. The van der Waals surface area contributed by atoms with Gasteiger partial charge in [0.2, 0.25) is 0 Å². The van der Waals surface area contributed by atoms with Gasteiger partial charge in [-0.2, -0.15) is 0 Å². The van der Waals surface area contributed by atoms with Crippen molar-refractivity contribution in [2.75, 3.05) is 18.6 Å². The number of terminal acetylenes is 1. The third-order valence-electron chi connectivity index (χ3n) is 4.25. The van der Waals surface area contributed by atoms with Crippen LogP contribution in [0.1, 0.15) is 51.3 Å². The van der Waals surface area contributed by atoms with Crippen LogP contribution in [-0.4, -0.2) is 23.9 Å². The number of nitrogens with zero attached hydrogens (tertiary/aromatic N) is 1. The van der Waals surface area contributed by atoms with E-state index in [9.17, 15) is 0 Å². The lowest BCUT2D eigenvalue weighted by Crippen LogP contribution is -2.45. The van der Waals surface area contributed by atoms with E-state index >= 15 is 0 Å². The zero-order chi connectivity index (χ0) is 26.0. The molecule has 0 bridgehead atoms. The van der Waals surface area contributed by atoms with Crippen LogP contribution >= 0.6 is 21.5 Å². The number of nitrogens with one attached hydrogen (secondary N) is 1. The van der Waals surface area contributed by atoms with E-state index in [0.29, 0.717) is 11.7 Å². The van der Waals surface area contributed by atoms with Crippen LogP contribution in [0.25, 0.3) is 6.08 Å². The van der Waals surface area contributed by atoms with Crippen molar-refractivity contribution in [2.24, 2.45) is 0 Å². The quantitative estimate of drug-likeness (QED) is 0.294. The Morgan fingerprint density at radius 3 is 2.12 bits per heavy atom. The fourth-order valence-corrected chi connectivity index (χ4v) is 3.30. The average molecular weight is 485 g/mol. The highest BCUT2D eigenvalue weighted by Crippen LogP contribution is 2.27. The van der Waals surface area contributed by atoms with Crippen LogP contribution in [0.5, 0.6) is 0 Å². The van der Waals surface area contributed by atoms with E-state index in [2.05, 4.69) is 95.9 Å². The normalized spacial score (nSPS) is 12.8. The van der Waals surface area contributed by atoms with Crippen molar-refractivity contribution < 1.29 is 5.11 Å². The maximum absolute atomic E-state index is 7.00. The Morgan fingerprint density at radius 2 is 1.61 bits per heavy atom. The molecule has 2 aromatic carbocycles. The summed E-state index contributed by atoms with van der Waals surface area (Å²) in [6.07, 6.45) is 6.79. The Balaban J connectivity index is 0. The molecule has 0 aliphatic carbocycles. The first-order valence-corrected chi connectivity index (χ1v) is 12.1. The first-order chi connectivity index (χ1) is 15.9. The topological polar surface area (TPSA) is 35.5 Å². The molecule has 1 fully saturated rings. The minimum absolute atomic E-state index is 0.691. The van der Waals surface area contributed by atoms with E-state index < -0.39 is 0 Å². The second kappa shape index (κ2) is 19.1. The van der Waals surface area contributed by atoms with Gasteiger partial charge in [0, 0.05) is 25.0 Å². The van der Waals surface area contributed by atoms with Crippen molar-refractivity contribution in [2.45, 2.75) is 48.5 Å². The molecule has 0 saturated carbocycles. The largest absolute Gasteiger partial charge is 0.400 e. The van der Waals surface area contributed by atoms with Crippen LogP contribution in [0.2, 0.25) is 0 Å². The summed E-state index contributed by atoms with van der Waals surface area (Å²) >= 11 is 5.51. The van der Waals surface area contributed by atoms with E-state index in [1.807, 2.05) is 32.6 Å². The van der Waals surface area contributed by atoms with Gasteiger partial charge in [0.15, 0.2) is 5.11 Å². The molecular formula is C28H41N2OPS. The van der Waals surface area contributed by atoms with Gasteiger partial charge in [-0.15, -0.1) is 21.6 Å². The monoisotopic (exact) mass is 484 g/mol. The van der Waals surface area contributed by atoms with Gasteiger partial charge >= 0.3 is 0 Å². The Bertz CT molecular complexity index is 928. The number of aryl methyl sites for hydroxylation is 2. The zero-order valence-corrected chi connectivity index (χ0v) is 23.5. The molecule has 3 rings (SSSR count). The molecule has 2 N–H and O–H groups in total. The summed E-state index contributed by atoms with van der Waals surface area (Å²) in [5, 5.41) is 12.2. The second-order valence-corrected chi connectivity index (χ2v) is 7.28. The highest BCUT2D eigenvalue weighted by Gasteiger charge is 2.23. The van der Waals surface area contributed by atoms with Gasteiger partial charge in [-0.05, 0) is 73.2 Å². The molecule has 0 radical (unpaired) electrons. The van der Waals surface area contributed by atoms with Crippen molar-refractivity contribution in [1.82, 2.24) is 5.32 Å². The Morgan fingerprint density at radius 1 is 1.09 bits per heavy atom. The van der Waals surface area contributed by atoms with Gasteiger partial charge in [-0.1, -0.05) is 70.2 Å². The molecule has 1 aliphatic rings. The van der Waals surface area contributed by atoms with Crippen molar-refractivity contribution in [3.63, 3.8) is 0 Å². The highest BCUT2D eigenvalue weighted by molar-refractivity contribution is 7.80. The summed E-state index contributed by atoms with van der Waals surface area (Å²) in [5.74, 6) is 2.25. The average Bonchev–Trinajstić information content (AvgIpc) is 2.84. The van der Waals surface area contributed by atoms with Gasteiger partial charge in [-0.3, -0.25) is 4.90 Å². The van der Waals surface area contributed by atoms with Crippen molar-refractivity contribution in [3.8, 4) is 12.3 Å². The molecule has 0 amide bonds. The number of thiocarbonyl (C=S) groups is 1. The summed E-state index contributed by atoms with van der Waals surface area (Å²) < 4.78 is 0. The van der Waals surface area contributed by atoms with Crippen LogP contribution in [0.4, 0.5) is 5.69 Å². The summed E-state index contributed by atoms with van der Waals surface area (Å²) in [6, 6.07) is 14.6. The molecule has 1 saturated heterocycles. The van der Waals surface area contributed by atoms with E-state index in [1.165, 1.54) is 22.0 Å². The molecule has 0 spiro atoms. The fourth-order valence-electron chi connectivity index (χ4n) is 2.74. The number of anilines is 1. The Kier molecular flexibility index (Phi) is 18.9. The molecule has 1 atom stereocenters. The smallest absolute Gasteiger partial charge is 0.178 e. The number of benzene rings is 2. The summed E-state index contributed by atoms with van der Waals surface area (Å²) in [4.78, 5) is 2.00. The number of hydrogen-bond acceptors (Lipinski definition) is 2. The Labute approximate surface area is 210 Å². The lowest BCUT2D eigenvalue weighted by molar-refractivity contribution is 0.399. The second-order valence-electron chi connectivity index (χ2n) is 6.31. The molecule has 2 aromatic rings. The van der Waals surface area contributed by atoms with E-state index in [-0.39, 0.29) is 0 Å².